The predicted octanol–water partition coefficient (Wildman–Crippen LogP) is 4.29. The van der Waals surface area contributed by atoms with Crippen LogP contribution in [-0.4, -0.2) is 31.1 Å². The molecular formula is C21H24FNO2. The Hall–Kier alpha value is -2.46. The molecule has 0 unspecified atom stereocenters. The van der Waals surface area contributed by atoms with Gasteiger partial charge in [0.05, 0.1) is 7.11 Å². The maximum absolute atomic E-state index is 13.1. The van der Waals surface area contributed by atoms with Gasteiger partial charge in [-0.05, 0) is 36.2 Å². The van der Waals surface area contributed by atoms with Gasteiger partial charge in [0.2, 0.25) is 0 Å². The molecule has 3 nitrogen and oxygen atoms in total. The smallest absolute Gasteiger partial charge is 0.305 e. The number of esters is 1. The molecule has 4 heteroatoms. The van der Waals surface area contributed by atoms with Crippen molar-refractivity contribution in [2.75, 3.05) is 20.2 Å². The Bertz CT molecular complexity index is 668. The van der Waals surface area contributed by atoms with E-state index in [1.165, 1.54) is 19.2 Å². The Kier molecular flexibility index (Phi) is 7.86. The number of hydrogen-bond acceptors (Lipinski definition) is 3. The van der Waals surface area contributed by atoms with Gasteiger partial charge in [0.25, 0.3) is 0 Å². The molecule has 0 aromatic heterocycles. The number of carbonyl (C=O) groups excluding carboxylic acids is 1. The first-order valence-electron chi connectivity index (χ1n) is 8.42. The Balaban J connectivity index is 1.93. The van der Waals surface area contributed by atoms with Crippen LogP contribution in [0, 0.1) is 5.82 Å². The van der Waals surface area contributed by atoms with Gasteiger partial charge in [-0.3, -0.25) is 9.69 Å². The minimum Gasteiger partial charge on any atom is -0.469 e. The lowest BCUT2D eigenvalue weighted by Gasteiger charge is -2.20. The van der Waals surface area contributed by atoms with E-state index in [4.69, 9.17) is 0 Å². The van der Waals surface area contributed by atoms with Gasteiger partial charge >= 0.3 is 5.97 Å². The van der Waals surface area contributed by atoms with Crippen molar-refractivity contribution in [1.82, 2.24) is 4.90 Å². The molecule has 0 saturated heterocycles. The monoisotopic (exact) mass is 341 g/mol. The van der Waals surface area contributed by atoms with E-state index in [9.17, 15) is 9.18 Å². The van der Waals surface area contributed by atoms with Crippen LogP contribution in [0.4, 0.5) is 4.39 Å². The molecule has 2 aromatic rings. The Morgan fingerprint density at radius 3 is 2.52 bits per heavy atom. The van der Waals surface area contributed by atoms with Crippen LogP contribution < -0.4 is 0 Å². The average Bonchev–Trinajstić information content (AvgIpc) is 2.64. The lowest BCUT2D eigenvalue weighted by molar-refractivity contribution is -0.140. The molecule has 0 aliphatic carbocycles. The molecule has 0 radical (unpaired) electrons. The largest absolute Gasteiger partial charge is 0.469 e. The van der Waals surface area contributed by atoms with Crippen LogP contribution in [-0.2, 0) is 16.1 Å². The van der Waals surface area contributed by atoms with Gasteiger partial charge in [0.1, 0.15) is 5.82 Å². The van der Waals surface area contributed by atoms with Crippen LogP contribution in [0.25, 0.3) is 6.08 Å². The zero-order valence-electron chi connectivity index (χ0n) is 14.5. The van der Waals surface area contributed by atoms with Crippen LogP contribution in [0.15, 0.2) is 60.7 Å². The van der Waals surface area contributed by atoms with Crippen LogP contribution in [0.2, 0.25) is 0 Å². The van der Waals surface area contributed by atoms with Gasteiger partial charge in [0.15, 0.2) is 0 Å². The first-order valence-corrected chi connectivity index (χ1v) is 8.42. The zero-order valence-corrected chi connectivity index (χ0v) is 14.5. The average molecular weight is 341 g/mol. The van der Waals surface area contributed by atoms with Crippen LogP contribution in [0.1, 0.15) is 24.0 Å². The quantitative estimate of drug-likeness (QED) is 0.637. The van der Waals surface area contributed by atoms with E-state index in [0.29, 0.717) is 13.0 Å². The van der Waals surface area contributed by atoms with Crippen molar-refractivity contribution in [3.05, 3.63) is 77.6 Å². The number of ether oxygens (including phenoxy) is 1. The maximum atomic E-state index is 13.1. The molecular weight excluding hydrogens is 317 g/mol. The summed E-state index contributed by atoms with van der Waals surface area (Å²) in [7, 11) is 1.40. The molecule has 0 spiro atoms. The molecule has 0 atom stereocenters. The number of nitrogens with zero attached hydrogens (tertiary/aromatic N) is 1. The minimum absolute atomic E-state index is 0.193. The van der Waals surface area contributed by atoms with E-state index < -0.39 is 0 Å². The lowest BCUT2D eigenvalue weighted by atomic mass is 10.2. The number of methoxy groups -OCH3 is 1. The number of carbonyl (C=O) groups is 1. The summed E-state index contributed by atoms with van der Waals surface area (Å²) in [6.45, 7) is 2.24. The maximum Gasteiger partial charge on any atom is 0.305 e. The van der Waals surface area contributed by atoms with Crippen molar-refractivity contribution in [2.24, 2.45) is 0 Å². The molecule has 0 bridgehead atoms. The van der Waals surface area contributed by atoms with Crippen molar-refractivity contribution in [3.8, 4) is 0 Å². The second kappa shape index (κ2) is 10.4. The third kappa shape index (κ3) is 7.31. The van der Waals surface area contributed by atoms with Crippen molar-refractivity contribution in [3.63, 3.8) is 0 Å². The molecule has 0 fully saturated rings. The van der Waals surface area contributed by atoms with Gasteiger partial charge in [-0.25, -0.2) is 4.39 Å². The highest BCUT2D eigenvalue weighted by Crippen LogP contribution is 2.09. The van der Waals surface area contributed by atoms with E-state index in [1.807, 2.05) is 18.2 Å². The second-order valence-corrected chi connectivity index (χ2v) is 5.85. The van der Waals surface area contributed by atoms with E-state index in [1.54, 1.807) is 12.1 Å². The molecule has 0 N–H and O–H groups in total. The zero-order chi connectivity index (χ0) is 17.9. The molecule has 0 saturated carbocycles. The SMILES string of the molecule is COC(=O)CCCN(CC=Cc1ccccc1)Cc1ccc(F)cc1. The summed E-state index contributed by atoms with van der Waals surface area (Å²) in [4.78, 5) is 13.5. The number of rotatable bonds is 9. The summed E-state index contributed by atoms with van der Waals surface area (Å²) >= 11 is 0. The number of hydrogen-bond donors (Lipinski definition) is 0. The summed E-state index contributed by atoms with van der Waals surface area (Å²) in [6.07, 6.45) is 5.32. The highest BCUT2D eigenvalue weighted by Gasteiger charge is 2.07. The standard InChI is InChI=1S/C21H24FNO2/c1-25-21(24)10-6-16-23(17-19-11-13-20(22)14-12-19)15-5-9-18-7-3-2-4-8-18/h2-5,7-9,11-14H,6,10,15-17H2,1H3. The highest BCUT2D eigenvalue weighted by molar-refractivity contribution is 5.69. The fraction of sp³-hybridized carbons (Fsp3) is 0.286. The van der Waals surface area contributed by atoms with Crippen LogP contribution in [0.5, 0.6) is 0 Å². The molecule has 0 aliphatic heterocycles. The van der Waals surface area contributed by atoms with E-state index in [0.717, 1.165) is 30.6 Å². The first kappa shape index (κ1) is 18.9. The van der Waals surface area contributed by atoms with Crippen LogP contribution >= 0.6 is 0 Å². The van der Waals surface area contributed by atoms with Crippen molar-refractivity contribution >= 4 is 12.0 Å². The molecule has 2 rings (SSSR count). The lowest BCUT2D eigenvalue weighted by Crippen LogP contribution is -2.25. The third-order valence-electron chi connectivity index (χ3n) is 3.88. The third-order valence-corrected chi connectivity index (χ3v) is 3.88. The molecule has 0 heterocycles. The Labute approximate surface area is 148 Å². The highest BCUT2D eigenvalue weighted by atomic mass is 19.1. The van der Waals surface area contributed by atoms with E-state index in [2.05, 4.69) is 33.9 Å². The van der Waals surface area contributed by atoms with Crippen molar-refractivity contribution in [2.45, 2.75) is 19.4 Å². The second-order valence-electron chi connectivity index (χ2n) is 5.85. The van der Waals surface area contributed by atoms with Crippen molar-refractivity contribution in [1.29, 1.82) is 0 Å². The summed E-state index contributed by atoms with van der Waals surface area (Å²) < 4.78 is 17.8. The topological polar surface area (TPSA) is 29.5 Å². The Morgan fingerprint density at radius 2 is 1.84 bits per heavy atom. The predicted molar refractivity (Wildman–Crippen MR) is 98.4 cm³/mol. The number of halogens is 1. The summed E-state index contributed by atoms with van der Waals surface area (Å²) in [5.41, 5.74) is 2.20. The molecule has 0 aliphatic rings. The van der Waals surface area contributed by atoms with E-state index >= 15 is 0 Å². The summed E-state index contributed by atoms with van der Waals surface area (Å²) in [6, 6.07) is 16.6. The minimum atomic E-state index is -0.232. The van der Waals surface area contributed by atoms with Gasteiger partial charge < -0.3 is 4.74 Å². The molecule has 0 amide bonds. The van der Waals surface area contributed by atoms with Gasteiger partial charge in [-0.1, -0.05) is 54.6 Å². The van der Waals surface area contributed by atoms with E-state index in [-0.39, 0.29) is 11.8 Å². The Morgan fingerprint density at radius 1 is 1.12 bits per heavy atom. The van der Waals surface area contributed by atoms with Gasteiger partial charge in [-0.2, -0.15) is 0 Å². The van der Waals surface area contributed by atoms with Gasteiger partial charge in [-0.15, -0.1) is 0 Å². The molecule has 132 valence electrons. The van der Waals surface area contributed by atoms with Crippen molar-refractivity contribution < 1.29 is 13.9 Å². The summed E-state index contributed by atoms with van der Waals surface area (Å²) in [5, 5.41) is 0. The molecule has 2 aromatic carbocycles. The number of benzene rings is 2. The normalized spacial score (nSPS) is 11.2. The molecule has 25 heavy (non-hydrogen) atoms. The van der Waals surface area contributed by atoms with Crippen LogP contribution in [0.3, 0.4) is 0 Å². The summed E-state index contributed by atoms with van der Waals surface area (Å²) in [5.74, 6) is -0.425. The first-order chi connectivity index (χ1) is 12.2. The fourth-order valence-electron chi connectivity index (χ4n) is 2.53. The fourth-order valence-corrected chi connectivity index (χ4v) is 2.53. The van der Waals surface area contributed by atoms with Gasteiger partial charge in [0, 0.05) is 19.5 Å².